The number of benzene rings is 7. The van der Waals surface area contributed by atoms with Gasteiger partial charge in [0.15, 0.2) is 0 Å². The van der Waals surface area contributed by atoms with E-state index in [9.17, 15) is 0 Å². The Morgan fingerprint density at radius 1 is 0.375 bits per heavy atom. The first kappa shape index (κ1) is 31.3. The van der Waals surface area contributed by atoms with E-state index in [2.05, 4.69) is 200 Å². The Morgan fingerprint density at radius 3 is 1.08 bits per heavy atom. The number of hydrogen-bond donors (Lipinski definition) is 0. The van der Waals surface area contributed by atoms with E-state index in [0.717, 1.165) is 5.75 Å². The first-order valence-electron chi connectivity index (χ1n) is 16.5. The summed E-state index contributed by atoms with van der Waals surface area (Å²) in [4.78, 5) is 0. The van der Waals surface area contributed by atoms with Gasteiger partial charge < -0.3 is 0 Å². The second-order valence-electron chi connectivity index (χ2n) is 12.0. The summed E-state index contributed by atoms with van der Waals surface area (Å²) in [5.74, 6) is 0.903. The maximum atomic E-state index is 2.33. The smallest absolute Gasteiger partial charge is 0.161 e. The summed E-state index contributed by atoms with van der Waals surface area (Å²) in [6.45, 7) is 0.0181. The zero-order chi connectivity index (χ0) is 32.5. The third-order valence-corrected chi connectivity index (χ3v) is 9.61. The quantitative estimate of drug-likeness (QED) is 0.107. The highest BCUT2D eigenvalue weighted by molar-refractivity contribution is 7.99. The van der Waals surface area contributed by atoms with E-state index in [0.29, 0.717) is 0 Å². The predicted octanol–water partition coefficient (Wildman–Crippen LogP) is 10.8. The van der Waals surface area contributed by atoms with Crippen LogP contribution in [0.1, 0.15) is 11.1 Å². The van der Waals surface area contributed by atoms with Crippen molar-refractivity contribution in [3.63, 3.8) is 0 Å². The molecule has 0 radical (unpaired) electrons. The van der Waals surface area contributed by atoms with E-state index < -0.39 is 0 Å². The summed E-state index contributed by atoms with van der Waals surface area (Å²) in [5.41, 5.74) is 15.1. The van der Waals surface area contributed by atoms with E-state index in [1.807, 2.05) is 11.8 Å². The Bertz CT molecular complexity index is 1990. The van der Waals surface area contributed by atoms with Gasteiger partial charge in [-0.1, -0.05) is 211 Å². The largest absolute Gasteiger partial charge is 0.242 e. The Labute approximate surface area is 289 Å². The van der Waals surface area contributed by atoms with Gasteiger partial charge in [0, 0.05) is 5.75 Å². The molecule has 0 amide bonds. The maximum Gasteiger partial charge on any atom is 0.242 e. The first-order chi connectivity index (χ1) is 23.8. The average Bonchev–Trinajstić information content (AvgIpc) is 3.18. The molecule has 0 atom stereocenters. The van der Waals surface area contributed by atoms with Gasteiger partial charge >= 0.3 is 0 Å². The molecule has 0 bridgehead atoms. The summed E-state index contributed by atoms with van der Waals surface area (Å²) in [6.07, 6.45) is 2.21. The van der Waals surface area contributed by atoms with Crippen molar-refractivity contribution >= 4 is 40.4 Å². The van der Waals surface area contributed by atoms with E-state index in [4.69, 9.17) is 0 Å². The van der Waals surface area contributed by atoms with Gasteiger partial charge in [0.05, 0.1) is 0 Å². The fourth-order valence-electron chi connectivity index (χ4n) is 6.61. The van der Waals surface area contributed by atoms with Gasteiger partial charge in [-0.15, -0.1) is 0 Å². The van der Waals surface area contributed by atoms with Gasteiger partial charge in [-0.25, -0.2) is 0 Å². The molecule has 0 aliphatic heterocycles. The van der Waals surface area contributed by atoms with E-state index in [-0.39, 0.29) is 6.71 Å². The molecule has 0 saturated heterocycles. The van der Waals surface area contributed by atoms with E-state index in [1.54, 1.807) is 0 Å². The normalized spacial score (nSPS) is 11.5. The average molecular weight is 633 g/mol. The Balaban J connectivity index is 1.43. The van der Waals surface area contributed by atoms with Crippen LogP contribution in [0.4, 0.5) is 0 Å². The molecule has 7 aromatic rings. The Kier molecular flexibility index (Phi) is 9.83. The number of hydrogen-bond acceptors (Lipinski definition) is 1. The van der Waals surface area contributed by atoms with Gasteiger partial charge in [0.25, 0.3) is 0 Å². The molecule has 2 heteroatoms. The Hall–Kier alpha value is -5.31. The van der Waals surface area contributed by atoms with Gasteiger partial charge in [-0.05, 0) is 56.3 Å². The molecule has 0 aromatic heterocycles. The minimum Gasteiger partial charge on any atom is -0.161 e. The lowest BCUT2D eigenvalue weighted by atomic mass is 9.34. The lowest BCUT2D eigenvalue weighted by Gasteiger charge is -2.25. The molecule has 0 N–H and O–H groups in total. The van der Waals surface area contributed by atoms with Gasteiger partial charge in [0.1, 0.15) is 0 Å². The minimum absolute atomic E-state index is 0.0181. The van der Waals surface area contributed by atoms with Crippen LogP contribution in [0.2, 0.25) is 0 Å². The Morgan fingerprint density at radius 2 is 0.708 bits per heavy atom. The summed E-state index contributed by atoms with van der Waals surface area (Å²) in [6, 6.07) is 70.5. The predicted molar refractivity (Wildman–Crippen MR) is 212 cm³/mol. The van der Waals surface area contributed by atoms with Crippen molar-refractivity contribution in [2.24, 2.45) is 0 Å². The third kappa shape index (κ3) is 7.00. The molecule has 48 heavy (non-hydrogen) atoms. The highest BCUT2D eigenvalue weighted by Gasteiger charge is 2.29. The van der Waals surface area contributed by atoms with Gasteiger partial charge in [0.2, 0.25) is 6.71 Å². The second kappa shape index (κ2) is 15.1. The summed E-state index contributed by atoms with van der Waals surface area (Å²) < 4.78 is 0. The summed E-state index contributed by atoms with van der Waals surface area (Å²) in [5, 5.41) is 0. The van der Waals surface area contributed by atoms with Crippen LogP contribution < -0.4 is 10.9 Å². The van der Waals surface area contributed by atoms with Crippen molar-refractivity contribution in [1.29, 1.82) is 0 Å². The van der Waals surface area contributed by atoms with Crippen molar-refractivity contribution < 1.29 is 0 Å². The monoisotopic (exact) mass is 632 g/mol. The molecule has 0 fully saturated rings. The molecule has 0 nitrogen and oxygen atoms in total. The molecule has 0 saturated carbocycles. The molecule has 0 heterocycles. The maximum absolute atomic E-state index is 2.33. The van der Waals surface area contributed by atoms with Crippen LogP contribution in [0, 0.1) is 0 Å². The van der Waals surface area contributed by atoms with Crippen LogP contribution in [0.5, 0.6) is 0 Å². The highest BCUT2D eigenvalue weighted by Crippen LogP contribution is 2.33. The van der Waals surface area contributed by atoms with Crippen LogP contribution in [0.3, 0.4) is 0 Å². The molecular formula is C46H37BS. The fraction of sp³-hybridized carbons (Fsp3) is 0.0435. The van der Waals surface area contributed by atoms with Crippen molar-refractivity contribution in [3.8, 4) is 33.4 Å². The van der Waals surface area contributed by atoms with Crippen molar-refractivity contribution in [3.05, 3.63) is 205 Å². The van der Waals surface area contributed by atoms with Crippen LogP contribution >= 0.6 is 11.8 Å². The minimum atomic E-state index is 0.0181. The fourth-order valence-corrected chi connectivity index (χ4v) is 7.22. The van der Waals surface area contributed by atoms with E-state index in [1.165, 1.54) is 66.5 Å². The lowest BCUT2D eigenvalue weighted by molar-refractivity contribution is 1.56. The standard InChI is InChI=1S/C46H37BS/c1-48-34-45(41-20-12-5-13-21-41)46(42-24-22-38(23-25-42)35-14-6-2-7-15-35)47(43-30-26-39(27-31-43)36-16-8-3-9-17-36)44-32-28-40(29-33-44)37-18-10-4-11-19-37/h2-33H,34H2,1H3/b46-45+. The zero-order valence-electron chi connectivity index (χ0n) is 27.2. The molecule has 0 unspecified atom stereocenters. The van der Waals surface area contributed by atoms with Crippen LogP contribution in [-0.4, -0.2) is 18.7 Å². The van der Waals surface area contributed by atoms with Crippen molar-refractivity contribution in [1.82, 2.24) is 0 Å². The molecule has 7 rings (SSSR count). The molecular weight excluding hydrogens is 595 g/mol. The first-order valence-corrected chi connectivity index (χ1v) is 17.9. The SMILES string of the molecule is CSC/C(=C(\B(c1ccc(-c2ccccc2)cc1)c1ccc(-c2ccccc2)cc1)c1ccc(-c2ccccc2)cc1)c1ccccc1. The summed E-state index contributed by atoms with van der Waals surface area (Å²) in [7, 11) is 0. The van der Waals surface area contributed by atoms with Crippen LogP contribution in [-0.2, 0) is 0 Å². The molecule has 230 valence electrons. The topological polar surface area (TPSA) is 0 Å². The molecule has 0 aliphatic carbocycles. The number of thioether (sulfide) groups is 1. The highest BCUT2D eigenvalue weighted by atomic mass is 32.2. The van der Waals surface area contributed by atoms with Crippen LogP contribution in [0.25, 0.3) is 44.4 Å². The molecule has 7 aromatic carbocycles. The van der Waals surface area contributed by atoms with Gasteiger partial charge in [-0.2, -0.15) is 11.8 Å². The summed E-state index contributed by atoms with van der Waals surface area (Å²) >= 11 is 1.88. The zero-order valence-corrected chi connectivity index (χ0v) is 28.0. The van der Waals surface area contributed by atoms with E-state index >= 15 is 0 Å². The van der Waals surface area contributed by atoms with Crippen molar-refractivity contribution in [2.45, 2.75) is 0 Å². The second-order valence-corrected chi connectivity index (χ2v) is 12.9. The van der Waals surface area contributed by atoms with Gasteiger partial charge in [-0.3, -0.25) is 0 Å². The van der Waals surface area contributed by atoms with Crippen molar-refractivity contribution in [2.75, 3.05) is 12.0 Å². The number of rotatable bonds is 10. The lowest BCUT2D eigenvalue weighted by Crippen LogP contribution is -2.44. The van der Waals surface area contributed by atoms with Crippen LogP contribution in [0.15, 0.2) is 194 Å². The molecule has 0 spiro atoms. The molecule has 0 aliphatic rings. The third-order valence-electron chi connectivity index (χ3n) is 9.03.